The van der Waals surface area contributed by atoms with E-state index >= 15 is 0 Å². The monoisotopic (exact) mass is 296 g/mol. The van der Waals surface area contributed by atoms with E-state index in [4.69, 9.17) is 0 Å². The molecule has 1 aliphatic heterocycles. The van der Waals surface area contributed by atoms with Crippen molar-refractivity contribution in [3.05, 3.63) is 0 Å². The van der Waals surface area contributed by atoms with Crippen molar-refractivity contribution < 1.29 is 14.7 Å². The van der Waals surface area contributed by atoms with Gasteiger partial charge < -0.3 is 14.9 Å². The topological polar surface area (TPSA) is 60.9 Å². The van der Waals surface area contributed by atoms with E-state index in [2.05, 4.69) is 18.7 Å². The van der Waals surface area contributed by atoms with Crippen LogP contribution < -0.4 is 0 Å². The van der Waals surface area contributed by atoms with Crippen LogP contribution in [0.25, 0.3) is 0 Å². The number of likely N-dealkylation sites (tertiary alicyclic amines) is 1. The fraction of sp³-hybridized carbons (Fsp3) is 0.875. The Balaban J connectivity index is 1.90. The van der Waals surface area contributed by atoms with Gasteiger partial charge in [-0.2, -0.15) is 0 Å². The van der Waals surface area contributed by atoms with Crippen LogP contribution in [0.2, 0.25) is 0 Å². The average molecular weight is 296 g/mol. The normalized spacial score (nSPS) is 27.3. The number of carboxylic acid groups (broad SMARTS) is 1. The fourth-order valence-electron chi connectivity index (χ4n) is 3.98. The van der Waals surface area contributed by atoms with Crippen LogP contribution in [-0.4, -0.2) is 59.0 Å². The predicted octanol–water partition coefficient (Wildman–Crippen LogP) is 1.82. The highest BCUT2D eigenvalue weighted by atomic mass is 16.4. The molecule has 0 unspecified atom stereocenters. The van der Waals surface area contributed by atoms with Crippen molar-refractivity contribution in [2.24, 2.45) is 11.8 Å². The Morgan fingerprint density at radius 1 is 1.05 bits per heavy atom. The summed E-state index contributed by atoms with van der Waals surface area (Å²) in [6.07, 6.45) is 4.28. The number of aliphatic carboxylic acids is 1. The maximum atomic E-state index is 12.6. The molecule has 2 fully saturated rings. The number of piperidine rings is 1. The molecule has 1 N–H and O–H groups in total. The van der Waals surface area contributed by atoms with Crippen molar-refractivity contribution in [3.8, 4) is 0 Å². The van der Waals surface area contributed by atoms with Gasteiger partial charge in [0, 0.05) is 19.1 Å². The second kappa shape index (κ2) is 7.25. The molecule has 0 aromatic carbocycles. The molecule has 1 heterocycles. The Morgan fingerprint density at radius 3 is 2.14 bits per heavy atom. The number of carbonyl (C=O) groups excluding carboxylic acids is 1. The summed E-state index contributed by atoms with van der Waals surface area (Å²) in [5, 5.41) is 9.23. The van der Waals surface area contributed by atoms with Crippen LogP contribution in [0.3, 0.4) is 0 Å². The Bertz CT molecular complexity index is 374. The molecule has 0 bridgehead atoms. The molecule has 1 amide bonds. The summed E-state index contributed by atoms with van der Waals surface area (Å²) in [5.41, 5.74) is 0. The molecule has 2 rings (SSSR count). The third kappa shape index (κ3) is 3.57. The smallest absolute Gasteiger partial charge is 0.307 e. The van der Waals surface area contributed by atoms with Crippen LogP contribution in [0, 0.1) is 11.8 Å². The van der Waals surface area contributed by atoms with E-state index in [1.165, 1.54) is 0 Å². The molecule has 120 valence electrons. The lowest BCUT2D eigenvalue weighted by Gasteiger charge is -2.38. The summed E-state index contributed by atoms with van der Waals surface area (Å²) in [4.78, 5) is 28.2. The Kier molecular flexibility index (Phi) is 5.62. The van der Waals surface area contributed by atoms with E-state index in [0.29, 0.717) is 12.5 Å². The van der Waals surface area contributed by atoms with Gasteiger partial charge in [-0.25, -0.2) is 0 Å². The van der Waals surface area contributed by atoms with Crippen molar-refractivity contribution in [2.75, 3.05) is 26.2 Å². The zero-order valence-electron chi connectivity index (χ0n) is 13.3. The van der Waals surface area contributed by atoms with E-state index < -0.39 is 11.9 Å². The number of carboxylic acids is 1. The minimum atomic E-state index is -0.802. The maximum absolute atomic E-state index is 12.6. The van der Waals surface area contributed by atoms with Gasteiger partial charge in [0.2, 0.25) is 5.91 Å². The standard InChI is InChI=1S/C16H28N2O3/c1-3-17(4-2)12-8-10-18(11-9-12)15(19)13-6-5-7-14(13)16(20)21/h12-14H,3-11H2,1-2H3,(H,20,21)/t13-,14+/m1/s1. The van der Waals surface area contributed by atoms with Gasteiger partial charge in [-0.1, -0.05) is 20.3 Å². The van der Waals surface area contributed by atoms with Gasteiger partial charge in [-0.3, -0.25) is 9.59 Å². The lowest BCUT2D eigenvalue weighted by Crippen LogP contribution is -2.48. The van der Waals surface area contributed by atoms with Crippen LogP contribution in [0.5, 0.6) is 0 Å². The maximum Gasteiger partial charge on any atom is 0.307 e. The number of rotatable bonds is 5. The van der Waals surface area contributed by atoms with Gasteiger partial charge in [0.25, 0.3) is 0 Å². The zero-order chi connectivity index (χ0) is 15.4. The van der Waals surface area contributed by atoms with Crippen molar-refractivity contribution in [2.45, 2.75) is 52.0 Å². The third-order valence-electron chi connectivity index (χ3n) is 5.26. The molecular weight excluding hydrogens is 268 g/mol. The number of nitrogens with zero attached hydrogens (tertiary/aromatic N) is 2. The van der Waals surface area contributed by atoms with Crippen LogP contribution in [-0.2, 0) is 9.59 Å². The number of amides is 1. The Hall–Kier alpha value is -1.10. The fourth-order valence-corrected chi connectivity index (χ4v) is 3.98. The molecule has 2 atom stereocenters. The lowest BCUT2D eigenvalue weighted by molar-refractivity contribution is -0.149. The van der Waals surface area contributed by atoms with Crippen molar-refractivity contribution in [1.29, 1.82) is 0 Å². The molecule has 0 spiro atoms. The van der Waals surface area contributed by atoms with E-state index in [-0.39, 0.29) is 11.8 Å². The van der Waals surface area contributed by atoms with Crippen LogP contribution >= 0.6 is 0 Å². The highest BCUT2D eigenvalue weighted by Crippen LogP contribution is 2.34. The van der Waals surface area contributed by atoms with Crippen LogP contribution in [0.1, 0.15) is 46.0 Å². The van der Waals surface area contributed by atoms with E-state index in [1.54, 1.807) is 0 Å². The first-order valence-corrected chi connectivity index (χ1v) is 8.34. The first-order valence-electron chi connectivity index (χ1n) is 8.34. The van der Waals surface area contributed by atoms with Crippen molar-refractivity contribution >= 4 is 11.9 Å². The van der Waals surface area contributed by atoms with Gasteiger partial charge in [0.05, 0.1) is 11.8 Å². The number of carbonyl (C=O) groups is 2. The molecule has 1 aliphatic carbocycles. The van der Waals surface area contributed by atoms with Crippen molar-refractivity contribution in [1.82, 2.24) is 9.80 Å². The molecule has 0 aromatic rings. The molecule has 1 saturated heterocycles. The lowest BCUT2D eigenvalue weighted by atomic mass is 9.93. The average Bonchev–Trinajstić information content (AvgIpc) is 2.98. The number of hydrogen-bond acceptors (Lipinski definition) is 3. The minimum absolute atomic E-state index is 0.0814. The second-order valence-corrected chi connectivity index (χ2v) is 6.26. The first-order chi connectivity index (χ1) is 10.1. The highest BCUT2D eigenvalue weighted by molar-refractivity contribution is 5.85. The molecule has 21 heavy (non-hydrogen) atoms. The molecule has 0 radical (unpaired) electrons. The highest BCUT2D eigenvalue weighted by Gasteiger charge is 2.40. The second-order valence-electron chi connectivity index (χ2n) is 6.26. The van der Waals surface area contributed by atoms with Crippen molar-refractivity contribution in [3.63, 3.8) is 0 Å². The first kappa shape index (κ1) is 16.3. The van der Waals surface area contributed by atoms with E-state index in [1.807, 2.05) is 4.90 Å². The van der Waals surface area contributed by atoms with E-state index in [0.717, 1.165) is 51.9 Å². The van der Waals surface area contributed by atoms with Gasteiger partial charge >= 0.3 is 5.97 Å². The summed E-state index contributed by atoms with van der Waals surface area (Å²) in [7, 11) is 0. The van der Waals surface area contributed by atoms with Gasteiger partial charge in [-0.05, 0) is 38.8 Å². The van der Waals surface area contributed by atoms with Gasteiger partial charge in [0.1, 0.15) is 0 Å². The van der Waals surface area contributed by atoms with Gasteiger partial charge in [0.15, 0.2) is 0 Å². The summed E-state index contributed by atoms with van der Waals surface area (Å²) >= 11 is 0. The Labute approximate surface area is 127 Å². The summed E-state index contributed by atoms with van der Waals surface area (Å²) < 4.78 is 0. The molecule has 0 aromatic heterocycles. The molecule has 5 nitrogen and oxygen atoms in total. The summed E-state index contributed by atoms with van der Waals surface area (Å²) in [6.45, 7) is 8.03. The van der Waals surface area contributed by atoms with Crippen LogP contribution in [0.4, 0.5) is 0 Å². The molecule has 1 saturated carbocycles. The third-order valence-corrected chi connectivity index (χ3v) is 5.26. The largest absolute Gasteiger partial charge is 0.481 e. The molecular formula is C16H28N2O3. The predicted molar refractivity (Wildman–Crippen MR) is 81.0 cm³/mol. The molecule has 2 aliphatic rings. The zero-order valence-corrected chi connectivity index (χ0v) is 13.3. The minimum Gasteiger partial charge on any atom is -0.481 e. The van der Waals surface area contributed by atoms with Crippen LogP contribution in [0.15, 0.2) is 0 Å². The summed E-state index contributed by atoms with van der Waals surface area (Å²) in [5.74, 6) is -1.47. The van der Waals surface area contributed by atoms with Gasteiger partial charge in [-0.15, -0.1) is 0 Å². The summed E-state index contributed by atoms with van der Waals surface area (Å²) in [6, 6.07) is 0.572. The quantitative estimate of drug-likeness (QED) is 0.840. The number of hydrogen-bond donors (Lipinski definition) is 1. The van der Waals surface area contributed by atoms with E-state index in [9.17, 15) is 14.7 Å². The molecule has 5 heteroatoms. The SMILES string of the molecule is CCN(CC)C1CCN(C(=O)[C@@H]2CCC[C@@H]2C(=O)O)CC1. The Morgan fingerprint density at radius 2 is 1.62 bits per heavy atom.